The number of ether oxygens (including phenoxy) is 3. The number of nitrogens with zero attached hydrogens (tertiary/aromatic N) is 1. The highest BCUT2D eigenvalue weighted by Crippen LogP contribution is 2.43. The van der Waals surface area contributed by atoms with Crippen LogP contribution >= 0.6 is 0 Å². The Morgan fingerprint density at radius 3 is 2.51 bits per heavy atom. The van der Waals surface area contributed by atoms with E-state index in [1.807, 2.05) is 56.3 Å². The van der Waals surface area contributed by atoms with Crippen molar-refractivity contribution in [3.8, 4) is 17.2 Å². The first-order valence-corrected chi connectivity index (χ1v) is 14.4. The Labute approximate surface area is 250 Å². The maximum Gasteiger partial charge on any atom is 0.295 e. The van der Waals surface area contributed by atoms with Crippen LogP contribution in [-0.4, -0.2) is 29.3 Å². The van der Waals surface area contributed by atoms with E-state index < -0.39 is 23.5 Å². The number of ketones is 1. The molecule has 3 aromatic carbocycles. The molecule has 2 aliphatic rings. The van der Waals surface area contributed by atoms with Crippen LogP contribution in [0, 0.1) is 0 Å². The standard InChI is InChI=1S/C35H32N2O6/c1-3-41-30-19-25(9-12-29(30)42-21-24-7-5-4-6-8-24)32-31(33(38)26-10-11-28-27(18-26)17-22(2)43-28)34(39)35(40)37(32)20-23-13-15-36-16-14-23/h4-16,18-19,22,32,38H,3,17,20-21H2,1-2H3/b33-31+. The van der Waals surface area contributed by atoms with Gasteiger partial charge in [-0.05, 0) is 65.9 Å². The molecule has 1 fully saturated rings. The number of aromatic nitrogens is 1. The Hall–Kier alpha value is -5.11. The Morgan fingerprint density at radius 1 is 0.953 bits per heavy atom. The van der Waals surface area contributed by atoms with Crippen LogP contribution in [0.3, 0.4) is 0 Å². The van der Waals surface area contributed by atoms with Gasteiger partial charge in [0.15, 0.2) is 23.9 Å². The van der Waals surface area contributed by atoms with Crippen LogP contribution in [0.1, 0.15) is 47.7 Å². The second kappa shape index (κ2) is 12.0. The highest BCUT2D eigenvalue weighted by molar-refractivity contribution is 6.46. The fraction of sp³-hybridized carbons (Fsp3) is 0.229. The molecule has 8 nitrogen and oxygen atoms in total. The van der Waals surface area contributed by atoms with Crippen molar-refractivity contribution in [3.63, 3.8) is 0 Å². The maximum atomic E-state index is 14.1. The molecule has 0 radical (unpaired) electrons. The molecule has 1 N–H and O–H groups in total. The number of fused-ring (bicyclic) bond motifs is 1. The Kier molecular flexibility index (Phi) is 7.83. The molecule has 43 heavy (non-hydrogen) atoms. The molecule has 1 aromatic heterocycles. The van der Waals surface area contributed by atoms with E-state index in [-0.39, 0.29) is 18.2 Å². The number of hydrogen-bond acceptors (Lipinski definition) is 6. The Bertz CT molecular complexity index is 1690. The zero-order valence-electron chi connectivity index (χ0n) is 24.0. The summed E-state index contributed by atoms with van der Waals surface area (Å²) in [5.74, 6) is -0.277. The highest BCUT2D eigenvalue weighted by Gasteiger charge is 2.44. The van der Waals surface area contributed by atoms with Crippen molar-refractivity contribution in [2.75, 3.05) is 6.61 Å². The molecule has 1 saturated heterocycles. The molecule has 0 aliphatic carbocycles. The van der Waals surface area contributed by atoms with Gasteiger partial charge < -0.3 is 24.2 Å². The van der Waals surface area contributed by atoms with Gasteiger partial charge >= 0.3 is 0 Å². The monoisotopic (exact) mass is 576 g/mol. The molecule has 0 spiro atoms. The third-order valence-corrected chi connectivity index (χ3v) is 7.65. The first kappa shape index (κ1) is 28.0. The molecule has 3 heterocycles. The minimum atomic E-state index is -0.914. The fourth-order valence-electron chi connectivity index (χ4n) is 5.64. The van der Waals surface area contributed by atoms with E-state index in [1.54, 1.807) is 48.8 Å². The summed E-state index contributed by atoms with van der Waals surface area (Å²) in [6, 6.07) is 23.0. The van der Waals surface area contributed by atoms with E-state index in [0.717, 1.165) is 22.4 Å². The summed E-state index contributed by atoms with van der Waals surface area (Å²) in [6.07, 6.45) is 4.18. The molecule has 2 unspecified atom stereocenters. The lowest BCUT2D eigenvalue weighted by Gasteiger charge is -2.28. The molecular formula is C35H32N2O6. The van der Waals surface area contributed by atoms with Gasteiger partial charge in [-0.1, -0.05) is 48.2 Å². The zero-order valence-corrected chi connectivity index (χ0v) is 24.0. The largest absolute Gasteiger partial charge is 0.872 e. The van der Waals surface area contributed by atoms with Gasteiger partial charge in [0.2, 0.25) is 5.78 Å². The lowest BCUT2D eigenvalue weighted by atomic mass is 9.94. The van der Waals surface area contributed by atoms with Crippen molar-refractivity contribution >= 4 is 17.4 Å². The van der Waals surface area contributed by atoms with Gasteiger partial charge in [0.05, 0.1) is 12.6 Å². The van der Waals surface area contributed by atoms with Crippen molar-refractivity contribution in [1.82, 2.24) is 4.90 Å². The van der Waals surface area contributed by atoms with E-state index in [2.05, 4.69) is 4.98 Å². The summed E-state index contributed by atoms with van der Waals surface area (Å²) in [7, 11) is 0. The van der Waals surface area contributed by atoms with Gasteiger partial charge in [-0.3, -0.25) is 9.59 Å². The topological polar surface area (TPSA) is 102 Å². The molecule has 6 rings (SSSR count). The number of benzene rings is 3. The number of likely N-dealkylation sites (tertiary alicyclic amines) is 1. The quantitative estimate of drug-likeness (QED) is 0.168. The number of carbonyl (C=O) groups is 2. The summed E-state index contributed by atoms with van der Waals surface area (Å²) >= 11 is 0. The molecule has 2 atom stereocenters. The van der Waals surface area contributed by atoms with Crippen LogP contribution in [0.5, 0.6) is 17.2 Å². The van der Waals surface area contributed by atoms with Gasteiger partial charge in [0, 0.05) is 30.7 Å². The molecule has 8 heteroatoms. The van der Waals surface area contributed by atoms with Gasteiger partial charge in [-0.2, -0.15) is 0 Å². The molecule has 218 valence electrons. The van der Waals surface area contributed by atoms with Crippen LogP contribution in [0.25, 0.3) is 5.76 Å². The number of Topliss-reactive ketones (excluding diaryl/α,β-unsaturated/α-hetero) is 1. The van der Waals surface area contributed by atoms with Gasteiger partial charge in [0.1, 0.15) is 18.5 Å². The average molecular weight is 577 g/mol. The van der Waals surface area contributed by atoms with E-state index in [9.17, 15) is 14.7 Å². The summed E-state index contributed by atoms with van der Waals surface area (Å²) in [5.41, 5.74) is 3.57. The number of nitrogens with one attached hydrogen (secondary N) is 1. The predicted octanol–water partition coefficient (Wildman–Crippen LogP) is 4.23. The van der Waals surface area contributed by atoms with E-state index in [1.165, 1.54) is 4.90 Å². The number of rotatable bonds is 9. The number of hydrogen-bond donors (Lipinski definition) is 0. The summed E-state index contributed by atoms with van der Waals surface area (Å²) in [5, 5.41) is 14.1. The van der Waals surface area contributed by atoms with Crippen LogP contribution < -0.4 is 24.3 Å². The van der Waals surface area contributed by atoms with Crippen molar-refractivity contribution in [3.05, 3.63) is 125 Å². The normalized spacial score (nSPS) is 18.8. The number of carbonyl (C=O) groups excluding carboxylic acids is 2. The van der Waals surface area contributed by atoms with Crippen molar-refractivity contribution in [1.29, 1.82) is 0 Å². The van der Waals surface area contributed by atoms with Crippen LogP contribution in [0.15, 0.2) is 96.8 Å². The van der Waals surface area contributed by atoms with Crippen molar-refractivity contribution in [2.45, 2.75) is 45.6 Å². The smallest absolute Gasteiger partial charge is 0.295 e. The third-order valence-electron chi connectivity index (χ3n) is 7.65. The first-order chi connectivity index (χ1) is 20.9. The van der Waals surface area contributed by atoms with Crippen molar-refractivity contribution < 1.29 is 33.9 Å². The predicted molar refractivity (Wildman–Crippen MR) is 157 cm³/mol. The van der Waals surface area contributed by atoms with Gasteiger partial charge in [-0.25, -0.2) is 4.98 Å². The Morgan fingerprint density at radius 2 is 1.74 bits per heavy atom. The van der Waals surface area contributed by atoms with Crippen LogP contribution in [-0.2, 0) is 29.2 Å². The SMILES string of the molecule is CCOc1cc(C2/C(=C(\[O-])c3ccc4c(c3)CC(C)O4)C(=O)C(=O)N2Cc2cc[nH+]cc2)ccc1OCc1ccccc1. The molecule has 0 saturated carbocycles. The number of pyridine rings is 1. The molecule has 0 bridgehead atoms. The lowest BCUT2D eigenvalue weighted by molar-refractivity contribution is -0.378. The van der Waals surface area contributed by atoms with Crippen molar-refractivity contribution in [2.24, 2.45) is 0 Å². The molecule has 4 aromatic rings. The van der Waals surface area contributed by atoms with Gasteiger partial charge in [0.25, 0.3) is 5.91 Å². The minimum absolute atomic E-state index is 0.00802. The van der Waals surface area contributed by atoms with Gasteiger partial charge in [-0.15, -0.1) is 0 Å². The zero-order chi connectivity index (χ0) is 29.9. The second-order valence-corrected chi connectivity index (χ2v) is 10.7. The highest BCUT2D eigenvalue weighted by atomic mass is 16.5. The fourth-order valence-corrected chi connectivity index (χ4v) is 5.64. The number of H-pyrrole nitrogens is 1. The Balaban J connectivity index is 1.43. The maximum absolute atomic E-state index is 14.1. The molecule has 1 amide bonds. The summed E-state index contributed by atoms with van der Waals surface area (Å²) in [4.78, 5) is 31.5. The average Bonchev–Trinajstić information content (AvgIpc) is 3.52. The summed E-state index contributed by atoms with van der Waals surface area (Å²) < 4.78 is 17.8. The van der Waals surface area contributed by atoms with E-state index in [4.69, 9.17) is 14.2 Å². The molecule has 2 aliphatic heterocycles. The molecular weight excluding hydrogens is 544 g/mol. The minimum Gasteiger partial charge on any atom is -0.872 e. The summed E-state index contributed by atoms with van der Waals surface area (Å²) in [6.45, 7) is 4.70. The van der Waals surface area contributed by atoms with Crippen LogP contribution in [0.4, 0.5) is 0 Å². The number of aromatic amines is 1. The number of amides is 1. The third kappa shape index (κ3) is 5.68. The second-order valence-electron chi connectivity index (χ2n) is 10.7. The first-order valence-electron chi connectivity index (χ1n) is 14.4. The van der Waals surface area contributed by atoms with E-state index in [0.29, 0.717) is 42.3 Å². The van der Waals surface area contributed by atoms with Crippen LogP contribution in [0.2, 0.25) is 0 Å². The van der Waals surface area contributed by atoms with E-state index >= 15 is 0 Å². The lowest BCUT2D eigenvalue weighted by Crippen LogP contribution is -2.29.